The third-order valence-electron chi connectivity index (χ3n) is 4.90. The number of anilines is 1. The number of aryl methyl sites for hydroxylation is 2. The minimum atomic E-state index is -1.22. The molecule has 1 saturated heterocycles. The first-order chi connectivity index (χ1) is 12.4. The van der Waals surface area contributed by atoms with Crippen LogP contribution in [0.3, 0.4) is 0 Å². The molecule has 1 atom stereocenters. The summed E-state index contributed by atoms with van der Waals surface area (Å²) in [4.78, 5) is 26.2. The molecule has 136 valence electrons. The third kappa shape index (κ3) is 3.48. The van der Waals surface area contributed by atoms with Gasteiger partial charge in [-0.25, -0.2) is 0 Å². The molecule has 5 nitrogen and oxygen atoms in total. The van der Waals surface area contributed by atoms with Crippen LogP contribution in [-0.2, 0) is 20.9 Å². The monoisotopic (exact) mass is 353 g/mol. The fourth-order valence-corrected chi connectivity index (χ4v) is 3.51. The molecule has 5 heteroatoms. The number of carboxylic acid groups (broad SMARTS) is 1. The van der Waals surface area contributed by atoms with E-state index in [1.54, 1.807) is 4.90 Å². The Balaban J connectivity index is 1.78. The molecule has 1 N–H and O–H groups in total. The lowest BCUT2D eigenvalue weighted by atomic mass is 9.88. The summed E-state index contributed by atoms with van der Waals surface area (Å²) >= 11 is 0. The molecular weight excluding hydrogens is 330 g/mol. The van der Waals surface area contributed by atoms with Gasteiger partial charge in [-0.1, -0.05) is 48.5 Å². The fraction of sp³-hybridized carbons (Fsp3) is 0.333. The lowest BCUT2D eigenvalue weighted by Gasteiger charge is -2.26. The van der Waals surface area contributed by atoms with Gasteiger partial charge < -0.3 is 14.7 Å². The molecule has 1 aliphatic rings. The average molecular weight is 353 g/mol. The Hall–Kier alpha value is -2.66. The summed E-state index contributed by atoms with van der Waals surface area (Å²) in [5.41, 5.74) is 2.49. The minimum absolute atomic E-state index is 0.00436. The van der Waals surface area contributed by atoms with Gasteiger partial charge in [0.05, 0.1) is 13.2 Å². The fourth-order valence-electron chi connectivity index (χ4n) is 3.51. The smallest absolute Gasteiger partial charge is 0.314 e. The van der Waals surface area contributed by atoms with Gasteiger partial charge in [0, 0.05) is 18.7 Å². The number of carboxylic acids is 1. The van der Waals surface area contributed by atoms with E-state index in [2.05, 4.69) is 0 Å². The van der Waals surface area contributed by atoms with E-state index in [-0.39, 0.29) is 25.5 Å². The van der Waals surface area contributed by atoms with Crippen LogP contribution in [0, 0.1) is 19.3 Å². The normalized spacial score (nSPS) is 19.8. The van der Waals surface area contributed by atoms with Gasteiger partial charge in [-0.2, -0.15) is 0 Å². The molecule has 2 aromatic carbocycles. The number of carbonyl (C=O) groups excluding carboxylic acids is 1. The van der Waals surface area contributed by atoms with Crippen LogP contribution in [0.2, 0.25) is 0 Å². The van der Waals surface area contributed by atoms with E-state index in [0.29, 0.717) is 6.61 Å². The maximum absolute atomic E-state index is 12.6. The number of rotatable bonds is 6. The molecule has 0 spiro atoms. The minimum Gasteiger partial charge on any atom is -0.481 e. The van der Waals surface area contributed by atoms with Gasteiger partial charge in [0.25, 0.3) is 0 Å². The predicted molar refractivity (Wildman–Crippen MR) is 99.1 cm³/mol. The van der Waals surface area contributed by atoms with Crippen molar-refractivity contribution in [3.05, 3.63) is 65.2 Å². The molecule has 2 aromatic rings. The summed E-state index contributed by atoms with van der Waals surface area (Å²) in [7, 11) is 0. The van der Waals surface area contributed by atoms with Crippen molar-refractivity contribution in [2.24, 2.45) is 5.41 Å². The van der Waals surface area contributed by atoms with Crippen molar-refractivity contribution in [3.8, 4) is 0 Å². The standard InChI is InChI=1S/C21H23NO4/c1-15-7-6-8-16(2)19(15)22-13-21(20(24)25,11-18(22)23)14-26-12-17-9-4-3-5-10-17/h3-10H,11-14H2,1-2H3,(H,24,25). The quantitative estimate of drug-likeness (QED) is 0.865. The molecule has 0 bridgehead atoms. The van der Waals surface area contributed by atoms with E-state index >= 15 is 0 Å². The van der Waals surface area contributed by atoms with Gasteiger partial charge >= 0.3 is 5.97 Å². The second-order valence-electron chi connectivity index (χ2n) is 6.96. The number of nitrogens with zero attached hydrogens (tertiary/aromatic N) is 1. The van der Waals surface area contributed by atoms with Crippen molar-refractivity contribution in [2.75, 3.05) is 18.1 Å². The van der Waals surface area contributed by atoms with E-state index in [1.165, 1.54) is 0 Å². The van der Waals surface area contributed by atoms with Crippen molar-refractivity contribution in [1.29, 1.82) is 0 Å². The van der Waals surface area contributed by atoms with E-state index in [0.717, 1.165) is 22.4 Å². The zero-order valence-electron chi connectivity index (χ0n) is 15.1. The highest BCUT2D eigenvalue weighted by molar-refractivity contribution is 6.02. The van der Waals surface area contributed by atoms with Gasteiger partial charge in [-0.15, -0.1) is 0 Å². The maximum Gasteiger partial charge on any atom is 0.314 e. The van der Waals surface area contributed by atoms with Gasteiger partial charge in [-0.3, -0.25) is 9.59 Å². The summed E-state index contributed by atoms with van der Waals surface area (Å²) in [6.07, 6.45) is -0.0507. The maximum atomic E-state index is 12.6. The van der Waals surface area contributed by atoms with Crippen molar-refractivity contribution in [3.63, 3.8) is 0 Å². The molecule has 1 aliphatic heterocycles. The largest absolute Gasteiger partial charge is 0.481 e. The SMILES string of the molecule is Cc1cccc(C)c1N1CC(COCc2ccccc2)(C(=O)O)CC1=O. The molecule has 0 radical (unpaired) electrons. The topological polar surface area (TPSA) is 66.8 Å². The molecule has 0 aromatic heterocycles. The van der Waals surface area contributed by atoms with Crippen LogP contribution in [0.25, 0.3) is 0 Å². The number of benzene rings is 2. The van der Waals surface area contributed by atoms with E-state index in [1.807, 2.05) is 62.4 Å². The van der Waals surface area contributed by atoms with E-state index in [4.69, 9.17) is 4.74 Å². The average Bonchev–Trinajstić information content (AvgIpc) is 2.94. The van der Waals surface area contributed by atoms with Crippen LogP contribution in [0.15, 0.2) is 48.5 Å². The Labute approximate surface area is 153 Å². The highest BCUT2D eigenvalue weighted by Crippen LogP contribution is 2.38. The zero-order chi connectivity index (χ0) is 18.7. The van der Waals surface area contributed by atoms with Crippen LogP contribution in [0.1, 0.15) is 23.1 Å². The van der Waals surface area contributed by atoms with E-state index < -0.39 is 11.4 Å². The Morgan fingerprint density at radius 2 is 1.77 bits per heavy atom. The van der Waals surface area contributed by atoms with Crippen molar-refractivity contribution >= 4 is 17.6 Å². The zero-order valence-corrected chi connectivity index (χ0v) is 15.1. The van der Waals surface area contributed by atoms with Crippen LogP contribution in [-0.4, -0.2) is 30.1 Å². The lowest BCUT2D eigenvalue weighted by molar-refractivity contribution is -0.152. The van der Waals surface area contributed by atoms with Crippen molar-refractivity contribution in [2.45, 2.75) is 26.9 Å². The number of aliphatic carboxylic acids is 1. The van der Waals surface area contributed by atoms with Crippen LogP contribution < -0.4 is 4.90 Å². The lowest BCUT2D eigenvalue weighted by Crippen LogP contribution is -2.39. The molecule has 26 heavy (non-hydrogen) atoms. The highest BCUT2D eigenvalue weighted by atomic mass is 16.5. The van der Waals surface area contributed by atoms with Gasteiger partial charge in [0.1, 0.15) is 5.41 Å². The number of para-hydroxylation sites is 1. The second-order valence-corrected chi connectivity index (χ2v) is 6.96. The Morgan fingerprint density at radius 3 is 2.38 bits per heavy atom. The first-order valence-electron chi connectivity index (χ1n) is 8.65. The van der Waals surface area contributed by atoms with Crippen LogP contribution in [0.4, 0.5) is 5.69 Å². The summed E-state index contributed by atoms with van der Waals surface area (Å²) in [6.45, 7) is 4.32. The molecular formula is C21H23NO4. The molecule has 1 amide bonds. The predicted octanol–water partition coefficient (Wildman–Crippen LogP) is 3.33. The van der Waals surface area contributed by atoms with Gasteiger partial charge in [0.2, 0.25) is 5.91 Å². The summed E-state index contributed by atoms with van der Waals surface area (Å²) in [5.74, 6) is -1.17. The van der Waals surface area contributed by atoms with Crippen LogP contribution in [0.5, 0.6) is 0 Å². The Morgan fingerprint density at radius 1 is 1.12 bits per heavy atom. The Bertz CT molecular complexity index is 798. The number of hydrogen-bond acceptors (Lipinski definition) is 3. The molecule has 1 unspecified atom stereocenters. The van der Waals surface area contributed by atoms with Gasteiger partial charge in [0.15, 0.2) is 0 Å². The first-order valence-corrected chi connectivity index (χ1v) is 8.65. The van der Waals surface area contributed by atoms with Crippen molar-refractivity contribution < 1.29 is 19.4 Å². The van der Waals surface area contributed by atoms with Gasteiger partial charge in [-0.05, 0) is 30.5 Å². The molecule has 0 aliphatic carbocycles. The number of carbonyl (C=O) groups is 2. The highest BCUT2D eigenvalue weighted by Gasteiger charge is 2.50. The third-order valence-corrected chi connectivity index (χ3v) is 4.90. The summed E-state index contributed by atoms with van der Waals surface area (Å²) < 4.78 is 5.70. The first kappa shape index (κ1) is 18.1. The summed E-state index contributed by atoms with van der Waals surface area (Å²) in [5, 5.41) is 9.82. The number of ether oxygens (including phenoxy) is 1. The number of amides is 1. The van der Waals surface area contributed by atoms with E-state index in [9.17, 15) is 14.7 Å². The van der Waals surface area contributed by atoms with Crippen molar-refractivity contribution in [1.82, 2.24) is 0 Å². The summed E-state index contributed by atoms with van der Waals surface area (Å²) in [6, 6.07) is 15.4. The molecule has 3 rings (SSSR count). The molecule has 0 saturated carbocycles. The molecule has 1 fully saturated rings. The molecule has 1 heterocycles. The van der Waals surface area contributed by atoms with Crippen LogP contribution >= 0.6 is 0 Å². The Kier molecular flexibility index (Phi) is 5.09. The number of hydrogen-bond donors (Lipinski definition) is 1. The second kappa shape index (κ2) is 7.30.